The minimum absolute atomic E-state index is 0.115. The summed E-state index contributed by atoms with van der Waals surface area (Å²) < 4.78 is 1.99. The molecule has 2 aromatic heterocycles. The highest BCUT2D eigenvalue weighted by Gasteiger charge is 2.31. The Hall–Kier alpha value is -1.39. The molecule has 0 bridgehead atoms. The molecule has 4 heteroatoms. The van der Waals surface area contributed by atoms with Crippen molar-refractivity contribution in [1.82, 2.24) is 9.61 Å². The van der Waals surface area contributed by atoms with Crippen molar-refractivity contribution >= 4 is 5.52 Å². The minimum atomic E-state index is -0.115. The summed E-state index contributed by atoms with van der Waals surface area (Å²) in [6, 6.07) is 8.61. The fraction of sp³-hybridized carbons (Fsp3) is 0.500. The van der Waals surface area contributed by atoms with Gasteiger partial charge >= 0.3 is 0 Å². The number of pyridine rings is 1. The van der Waals surface area contributed by atoms with Crippen LogP contribution in [0.5, 0.6) is 0 Å². The first-order valence-corrected chi connectivity index (χ1v) is 6.62. The van der Waals surface area contributed by atoms with Crippen molar-refractivity contribution in [3.8, 4) is 0 Å². The first-order chi connectivity index (χ1) is 8.66. The van der Waals surface area contributed by atoms with E-state index in [4.69, 9.17) is 11.5 Å². The van der Waals surface area contributed by atoms with Crippen molar-refractivity contribution in [2.45, 2.75) is 43.7 Å². The van der Waals surface area contributed by atoms with Crippen LogP contribution in [0.2, 0.25) is 0 Å². The highest BCUT2D eigenvalue weighted by atomic mass is 15.2. The van der Waals surface area contributed by atoms with Crippen LogP contribution < -0.4 is 11.5 Å². The molecule has 2 heterocycles. The van der Waals surface area contributed by atoms with Gasteiger partial charge in [0.2, 0.25) is 0 Å². The van der Waals surface area contributed by atoms with Crippen LogP contribution in [0.1, 0.15) is 31.4 Å². The van der Waals surface area contributed by atoms with Gasteiger partial charge < -0.3 is 11.5 Å². The molecule has 1 saturated carbocycles. The molecule has 0 radical (unpaired) electrons. The molecule has 0 aromatic carbocycles. The van der Waals surface area contributed by atoms with Crippen molar-refractivity contribution in [3.05, 3.63) is 36.2 Å². The number of nitrogens with two attached hydrogens (primary N) is 2. The van der Waals surface area contributed by atoms with Crippen LogP contribution >= 0.6 is 0 Å². The average Bonchev–Trinajstić information content (AvgIpc) is 2.83. The number of rotatable bonds is 2. The molecule has 1 aliphatic carbocycles. The predicted molar refractivity (Wildman–Crippen MR) is 72.3 cm³/mol. The van der Waals surface area contributed by atoms with Gasteiger partial charge in [0.1, 0.15) is 0 Å². The molecule has 0 unspecified atom stereocenters. The maximum absolute atomic E-state index is 6.52. The summed E-state index contributed by atoms with van der Waals surface area (Å²) in [7, 11) is 0. The molecule has 0 atom stereocenters. The van der Waals surface area contributed by atoms with E-state index in [0.717, 1.165) is 37.6 Å². The quantitative estimate of drug-likeness (QED) is 0.840. The van der Waals surface area contributed by atoms with Crippen LogP contribution in [0.25, 0.3) is 5.52 Å². The maximum atomic E-state index is 6.52. The van der Waals surface area contributed by atoms with E-state index in [0.29, 0.717) is 6.04 Å². The van der Waals surface area contributed by atoms with Gasteiger partial charge in [-0.15, -0.1) is 0 Å². The molecule has 1 aliphatic rings. The Morgan fingerprint density at radius 1 is 1.28 bits per heavy atom. The van der Waals surface area contributed by atoms with Gasteiger partial charge in [-0.25, -0.2) is 4.52 Å². The largest absolute Gasteiger partial charge is 0.328 e. The first-order valence-electron chi connectivity index (χ1n) is 6.62. The summed E-state index contributed by atoms with van der Waals surface area (Å²) in [6.07, 6.45) is 6.78. The van der Waals surface area contributed by atoms with Crippen LogP contribution in [-0.2, 0) is 6.42 Å². The highest BCUT2D eigenvalue weighted by Crippen LogP contribution is 2.28. The van der Waals surface area contributed by atoms with Crippen LogP contribution in [0.15, 0.2) is 30.5 Å². The lowest BCUT2D eigenvalue weighted by molar-refractivity contribution is 0.268. The summed E-state index contributed by atoms with van der Waals surface area (Å²) in [5, 5.41) is 4.37. The average molecular weight is 244 g/mol. The minimum Gasteiger partial charge on any atom is -0.328 e. The van der Waals surface area contributed by atoms with Gasteiger partial charge in [0.05, 0.1) is 5.52 Å². The first kappa shape index (κ1) is 11.7. The molecule has 0 spiro atoms. The third-order valence-corrected chi connectivity index (χ3v) is 4.06. The number of aromatic nitrogens is 2. The van der Waals surface area contributed by atoms with E-state index in [9.17, 15) is 0 Å². The highest BCUT2D eigenvalue weighted by molar-refractivity contribution is 5.46. The Kier molecular flexibility index (Phi) is 2.84. The van der Waals surface area contributed by atoms with E-state index >= 15 is 0 Å². The molecule has 1 fully saturated rings. The van der Waals surface area contributed by atoms with Crippen LogP contribution in [0, 0.1) is 0 Å². The van der Waals surface area contributed by atoms with Crippen molar-refractivity contribution < 1.29 is 0 Å². The summed E-state index contributed by atoms with van der Waals surface area (Å²) in [6.45, 7) is 0. The van der Waals surface area contributed by atoms with Gasteiger partial charge in [-0.3, -0.25) is 0 Å². The Bertz CT molecular complexity index is 537. The molecule has 4 nitrogen and oxygen atoms in total. The van der Waals surface area contributed by atoms with Crippen LogP contribution in [0.3, 0.4) is 0 Å². The molecular weight excluding hydrogens is 224 g/mol. The molecule has 2 aromatic rings. The molecule has 0 saturated heterocycles. The molecule has 0 amide bonds. The molecule has 4 N–H and O–H groups in total. The fourth-order valence-corrected chi connectivity index (χ4v) is 2.89. The normalized spacial score (nSPS) is 28.7. The van der Waals surface area contributed by atoms with Crippen LogP contribution in [-0.4, -0.2) is 21.2 Å². The lowest BCUT2D eigenvalue weighted by Gasteiger charge is -2.36. The van der Waals surface area contributed by atoms with E-state index in [1.807, 2.05) is 16.8 Å². The Morgan fingerprint density at radius 2 is 2.06 bits per heavy atom. The smallest absolute Gasteiger partial charge is 0.0664 e. The number of hydrogen-bond acceptors (Lipinski definition) is 3. The van der Waals surface area contributed by atoms with Crippen molar-refractivity contribution in [3.63, 3.8) is 0 Å². The van der Waals surface area contributed by atoms with Crippen molar-refractivity contribution in [2.24, 2.45) is 11.5 Å². The topological polar surface area (TPSA) is 69.3 Å². The fourth-order valence-electron chi connectivity index (χ4n) is 2.89. The molecule has 3 rings (SSSR count). The predicted octanol–water partition coefficient (Wildman–Crippen LogP) is 1.48. The van der Waals surface area contributed by atoms with Crippen molar-refractivity contribution in [1.29, 1.82) is 0 Å². The van der Waals surface area contributed by atoms with Gasteiger partial charge in [-0.2, -0.15) is 5.10 Å². The van der Waals surface area contributed by atoms with E-state index in [1.54, 1.807) is 0 Å². The standard InChI is InChI=1S/C14H20N4/c15-11-4-7-14(16,8-5-11)10-13-3-1-2-12-6-9-17-18(12)13/h1-3,6,9,11H,4-5,7-8,10,15-16H2. The number of nitrogens with zero attached hydrogens (tertiary/aromatic N) is 2. The molecule has 18 heavy (non-hydrogen) atoms. The summed E-state index contributed by atoms with van der Waals surface area (Å²) >= 11 is 0. The monoisotopic (exact) mass is 244 g/mol. The SMILES string of the molecule is NC1CCC(N)(Cc2cccc3ccnn23)CC1. The number of fused-ring (bicyclic) bond motifs is 1. The van der Waals surface area contributed by atoms with Gasteiger partial charge in [0, 0.05) is 29.9 Å². The Labute approximate surface area is 107 Å². The van der Waals surface area contributed by atoms with Gasteiger partial charge in [0.15, 0.2) is 0 Å². The van der Waals surface area contributed by atoms with E-state index in [-0.39, 0.29) is 5.54 Å². The summed E-state index contributed by atoms with van der Waals surface area (Å²) in [4.78, 5) is 0. The third-order valence-electron chi connectivity index (χ3n) is 4.06. The lowest BCUT2D eigenvalue weighted by Crippen LogP contribution is -2.48. The van der Waals surface area contributed by atoms with E-state index in [2.05, 4.69) is 23.3 Å². The second-order valence-electron chi connectivity index (χ2n) is 5.56. The zero-order valence-corrected chi connectivity index (χ0v) is 10.5. The third kappa shape index (κ3) is 2.13. The summed E-state index contributed by atoms with van der Waals surface area (Å²) in [5.74, 6) is 0. The van der Waals surface area contributed by atoms with Gasteiger partial charge in [-0.1, -0.05) is 6.07 Å². The Balaban J connectivity index is 1.85. The molecule has 0 aliphatic heterocycles. The Morgan fingerprint density at radius 3 is 2.83 bits per heavy atom. The maximum Gasteiger partial charge on any atom is 0.0664 e. The van der Waals surface area contributed by atoms with E-state index in [1.165, 1.54) is 5.69 Å². The van der Waals surface area contributed by atoms with Crippen LogP contribution in [0.4, 0.5) is 0 Å². The second kappa shape index (κ2) is 4.37. The van der Waals surface area contributed by atoms with Crippen molar-refractivity contribution in [2.75, 3.05) is 0 Å². The number of hydrogen-bond donors (Lipinski definition) is 2. The van der Waals surface area contributed by atoms with Gasteiger partial charge in [-0.05, 0) is 43.9 Å². The molecular formula is C14H20N4. The lowest BCUT2D eigenvalue weighted by atomic mass is 9.77. The summed E-state index contributed by atoms with van der Waals surface area (Å²) in [5.41, 5.74) is 14.7. The molecule has 96 valence electrons. The van der Waals surface area contributed by atoms with Gasteiger partial charge in [0.25, 0.3) is 0 Å². The second-order valence-corrected chi connectivity index (χ2v) is 5.56. The zero-order valence-electron chi connectivity index (χ0n) is 10.5. The van der Waals surface area contributed by atoms with E-state index < -0.39 is 0 Å². The zero-order chi connectivity index (χ0) is 12.6.